The van der Waals surface area contributed by atoms with Gasteiger partial charge in [-0.2, -0.15) is 8.42 Å². The van der Waals surface area contributed by atoms with Crippen LogP contribution in [-0.4, -0.2) is 29.6 Å². The van der Waals surface area contributed by atoms with Crippen LogP contribution in [0.4, 0.5) is 5.69 Å². The van der Waals surface area contributed by atoms with E-state index in [4.69, 9.17) is 23.2 Å². The molecule has 6 nitrogen and oxygen atoms in total. The van der Waals surface area contributed by atoms with Gasteiger partial charge in [-0.3, -0.25) is 9.35 Å². The molecule has 0 unspecified atom stereocenters. The zero-order valence-corrected chi connectivity index (χ0v) is 14.8. The molecule has 0 fully saturated rings. The maximum atomic E-state index is 12.1. The lowest BCUT2D eigenvalue weighted by Gasteiger charge is -2.36. The molecule has 0 saturated carbocycles. The van der Waals surface area contributed by atoms with Crippen molar-refractivity contribution in [2.45, 2.75) is 19.3 Å². The van der Waals surface area contributed by atoms with Crippen LogP contribution in [-0.2, 0) is 20.3 Å². The number of fused-ring (bicyclic) bond motifs is 2. The number of aliphatic imine (C=N–C) groups is 1. The number of nitrogens with zero attached hydrogens (tertiary/aromatic N) is 1. The molecule has 1 aromatic carbocycles. The lowest BCUT2D eigenvalue weighted by atomic mass is 9.71. The number of allylic oxidation sites excluding steroid dienone is 4. The Morgan fingerprint density at radius 3 is 2.42 bits per heavy atom. The Balaban J connectivity index is 2.36. The highest BCUT2D eigenvalue weighted by molar-refractivity contribution is 7.91. The van der Waals surface area contributed by atoms with E-state index in [2.05, 4.69) is 4.99 Å². The summed E-state index contributed by atoms with van der Waals surface area (Å²) in [7, 11) is -4.67. The molecule has 0 saturated heterocycles. The van der Waals surface area contributed by atoms with E-state index in [1.54, 1.807) is 13.8 Å². The summed E-state index contributed by atoms with van der Waals surface area (Å²) in [5, 5.41) is 9.98. The number of benzene rings is 1. The van der Waals surface area contributed by atoms with E-state index in [-0.39, 0.29) is 21.5 Å². The van der Waals surface area contributed by atoms with E-state index < -0.39 is 26.2 Å². The Labute approximate surface area is 147 Å². The molecule has 9 heteroatoms. The minimum absolute atomic E-state index is 0.00259. The van der Waals surface area contributed by atoms with Crippen LogP contribution in [0.1, 0.15) is 19.4 Å². The molecule has 2 N–H and O–H groups in total. The SMILES string of the molecule is CC1(C)C2=CC(=O)C(S(=O)(=O)O)=CC2=Nc2cc(Cl)c(O)c(Cl)c21. The highest BCUT2D eigenvalue weighted by atomic mass is 35.5. The molecule has 1 aromatic rings. The van der Waals surface area contributed by atoms with Crippen LogP contribution in [0.25, 0.3) is 0 Å². The summed E-state index contributed by atoms with van der Waals surface area (Å²) in [6.07, 6.45) is 2.12. The molecule has 126 valence electrons. The minimum Gasteiger partial charge on any atom is -0.505 e. The van der Waals surface area contributed by atoms with Crippen molar-refractivity contribution in [3.8, 4) is 5.75 Å². The summed E-state index contributed by atoms with van der Waals surface area (Å²) in [4.78, 5) is 15.6. The normalized spacial score (nSPS) is 19.0. The third kappa shape index (κ3) is 2.39. The average Bonchev–Trinajstić information content (AvgIpc) is 2.43. The first-order chi connectivity index (χ1) is 10.9. The molecule has 0 bridgehead atoms. The second-order valence-corrected chi connectivity index (χ2v) is 8.12. The van der Waals surface area contributed by atoms with Gasteiger partial charge < -0.3 is 5.11 Å². The summed E-state index contributed by atoms with van der Waals surface area (Å²) < 4.78 is 31.9. The van der Waals surface area contributed by atoms with E-state index in [1.807, 2.05) is 0 Å². The van der Waals surface area contributed by atoms with Crippen LogP contribution < -0.4 is 0 Å². The van der Waals surface area contributed by atoms with Gasteiger partial charge in [-0.25, -0.2) is 4.99 Å². The molecule has 3 rings (SSSR count). The van der Waals surface area contributed by atoms with Gasteiger partial charge in [0.05, 0.1) is 21.4 Å². The summed E-state index contributed by atoms with van der Waals surface area (Å²) in [6.45, 7) is 3.51. The van der Waals surface area contributed by atoms with Crippen LogP contribution in [0.15, 0.2) is 33.7 Å². The molecule has 0 aromatic heterocycles. The van der Waals surface area contributed by atoms with Gasteiger partial charge in [0.2, 0.25) is 0 Å². The molecule has 1 heterocycles. The molecule has 1 aliphatic carbocycles. The third-order valence-corrected chi connectivity index (χ3v) is 5.58. The molecular weight excluding hydrogens is 377 g/mol. The van der Waals surface area contributed by atoms with Gasteiger partial charge >= 0.3 is 0 Å². The van der Waals surface area contributed by atoms with Gasteiger partial charge in [-0.1, -0.05) is 37.0 Å². The van der Waals surface area contributed by atoms with Gasteiger partial charge in [0.25, 0.3) is 10.1 Å². The molecule has 24 heavy (non-hydrogen) atoms. The van der Waals surface area contributed by atoms with Crippen molar-refractivity contribution < 1.29 is 22.9 Å². The molecule has 0 atom stereocenters. The number of carbonyl (C=O) groups excluding carboxylic acids is 1. The fourth-order valence-corrected chi connectivity index (χ4v) is 4.14. The van der Waals surface area contributed by atoms with Crippen LogP contribution in [0.2, 0.25) is 10.0 Å². The van der Waals surface area contributed by atoms with E-state index >= 15 is 0 Å². The van der Waals surface area contributed by atoms with Crippen molar-refractivity contribution in [3.63, 3.8) is 0 Å². The first-order valence-electron chi connectivity index (χ1n) is 6.70. The topological polar surface area (TPSA) is 104 Å². The number of hydrogen-bond acceptors (Lipinski definition) is 5. The summed E-state index contributed by atoms with van der Waals surface area (Å²) >= 11 is 12.1. The number of aromatic hydroxyl groups is 1. The Bertz CT molecular complexity index is 1000. The second-order valence-electron chi connectivity index (χ2n) is 5.94. The highest BCUT2D eigenvalue weighted by Gasteiger charge is 2.41. The van der Waals surface area contributed by atoms with Gasteiger partial charge in [0, 0.05) is 11.0 Å². The molecule has 2 aliphatic rings. The first-order valence-corrected chi connectivity index (χ1v) is 8.90. The summed E-state index contributed by atoms with van der Waals surface area (Å²) in [6, 6.07) is 1.40. The number of phenolic OH excluding ortho intramolecular Hbond substituents is 1. The first kappa shape index (κ1) is 17.2. The zero-order chi connectivity index (χ0) is 18.0. The van der Waals surface area contributed by atoms with Gasteiger partial charge in [-0.05, 0) is 23.8 Å². The monoisotopic (exact) mass is 387 g/mol. The van der Waals surface area contributed by atoms with E-state index in [1.165, 1.54) is 6.07 Å². The van der Waals surface area contributed by atoms with Gasteiger partial charge in [-0.15, -0.1) is 0 Å². The fourth-order valence-electron chi connectivity index (χ4n) is 2.89. The van der Waals surface area contributed by atoms with Crippen LogP contribution in [0.3, 0.4) is 0 Å². The van der Waals surface area contributed by atoms with Crippen molar-refractivity contribution in [1.82, 2.24) is 0 Å². The van der Waals surface area contributed by atoms with Crippen LogP contribution in [0, 0.1) is 0 Å². The lowest BCUT2D eigenvalue weighted by Crippen LogP contribution is -2.33. The molecule has 0 amide bonds. The Morgan fingerprint density at radius 1 is 1.21 bits per heavy atom. The van der Waals surface area contributed by atoms with E-state index in [9.17, 15) is 22.9 Å². The Hall–Kier alpha value is -1.67. The van der Waals surface area contributed by atoms with Crippen molar-refractivity contribution in [1.29, 1.82) is 0 Å². The third-order valence-electron chi connectivity index (χ3n) is 4.05. The number of carbonyl (C=O) groups is 1. The van der Waals surface area contributed by atoms with Crippen molar-refractivity contribution >= 4 is 50.5 Å². The minimum atomic E-state index is -4.67. The Kier molecular flexibility index (Phi) is 3.69. The number of phenols is 1. The lowest BCUT2D eigenvalue weighted by molar-refractivity contribution is -0.110. The number of halogens is 2. The highest BCUT2D eigenvalue weighted by Crippen LogP contribution is 2.51. The largest absolute Gasteiger partial charge is 0.505 e. The van der Waals surface area contributed by atoms with E-state index in [0.717, 1.165) is 12.2 Å². The second kappa shape index (κ2) is 5.16. The molecule has 0 spiro atoms. The number of rotatable bonds is 1. The molecular formula is C15H11Cl2NO5S. The maximum Gasteiger partial charge on any atom is 0.298 e. The number of ketones is 1. The van der Waals surface area contributed by atoms with Gasteiger partial charge in [0.1, 0.15) is 4.91 Å². The molecule has 0 radical (unpaired) electrons. The maximum absolute atomic E-state index is 12.1. The zero-order valence-electron chi connectivity index (χ0n) is 12.5. The average molecular weight is 388 g/mol. The quantitative estimate of drug-likeness (QED) is 0.567. The van der Waals surface area contributed by atoms with Crippen molar-refractivity contribution in [3.05, 3.63) is 44.3 Å². The fraction of sp³-hybridized carbons (Fsp3) is 0.200. The van der Waals surface area contributed by atoms with Crippen LogP contribution in [0.5, 0.6) is 5.75 Å². The summed E-state index contributed by atoms with van der Waals surface area (Å²) in [5.41, 5.74) is 0.606. The molecule has 1 aliphatic heterocycles. The Morgan fingerprint density at radius 2 is 1.83 bits per heavy atom. The van der Waals surface area contributed by atoms with Crippen molar-refractivity contribution in [2.24, 2.45) is 4.99 Å². The van der Waals surface area contributed by atoms with Crippen LogP contribution >= 0.6 is 23.2 Å². The van der Waals surface area contributed by atoms with E-state index in [0.29, 0.717) is 16.8 Å². The predicted molar refractivity (Wildman–Crippen MR) is 91.0 cm³/mol. The standard InChI is InChI=1S/C15H11Cl2NO5S/c1-15(2)6-3-10(19)11(24(21,22)23)5-8(6)18-9-4-7(16)14(20)13(17)12(9)15/h3-5,20H,1-2H3,(H,21,22,23). The number of hydrogen-bond donors (Lipinski definition) is 2. The summed E-state index contributed by atoms with van der Waals surface area (Å²) in [5.74, 6) is -1.14. The predicted octanol–water partition coefficient (Wildman–Crippen LogP) is 3.34. The smallest absolute Gasteiger partial charge is 0.298 e. The van der Waals surface area contributed by atoms with Gasteiger partial charge in [0.15, 0.2) is 11.5 Å². The van der Waals surface area contributed by atoms with Crippen molar-refractivity contribution in [2.75, 3.05) is 0 Å².